The number of hydrogen-bond donors (Lipinski definition) is 0. The van der Waals surface area contributed by atoms with E-state index in [0.29, 0.717) is 24.4 Å². The maximum atomic E-state index is 12.9. The summed E-state index contributed by atoms with van der Waals surface area (Å²) in [5, 5.41) is 4.21. The summed E-state index contributed by atoms with van der Waals surface area (Å²) in [5.74, 6) is 0.678. The van der Waals surface area contributed by atoms with E-state index in [0.717, 1.165) is 5.69 Å². The lowest BCUT2D eigenvalue weighted by atomic mass is 10.3. The topological polar surface area (TPSA) is 77.3 Å². The number of aromatic nitrogens is 3. The molecule has 0 aromatic carbocycles. The van der Waals surface area contributed by atoms with Gasteiger partial charge in [-0.1, -0.05) is 11.6 Å². The molecule has 24 heavy (non-hydrogen) atoms. The molecule has 9 heteroatoms. The molecule has 0 spiro atoms. The van der Waals surface area contributed by atoms with Crippen molar-refractivity contribution < 1.29 is 13.2 Å². The van der Waals surface area contributed by atoms with Crippen LogP contribution in [0.4, 0.5) is 0 Å². The Morgan fingerprint density at radius 3 is 2.71 bits per heavy atom. The fourth-order valence-electron chi connectivity index (χ4n) is 2.82. The smallest absolute Gasteiger partial charge is 0.248 e. The molecule has 1 atom stereocenters. The zero-order chi connectivity index (χ0) is 17.5. The van der Waals surface area contributed by atoms with E-state index in [9.17, 15) is 8.42 Å². The molecule has 7 nitrogen and oxygen atoms in total. The first kappa shape index (κ1) is 17.2. The van der Waals surface area contributed by atoms with Gasteiger partial charge in [-0.15, -0.1) is 0 Å². The monoisotopic (exact) mass is 370 g/mol. The zero-order valence-electron chi connectivity index (χ0n) is 13.7. The highest BCUT2D eigenvalue weighted by Gasteiger charge is 2.37. The summed E-state index contributed by atoms with van der Waals surface area (Å²) < 4.78 is 34.4. The molecule has 2 aromatic heterocycles. The summed E-state index contributed by atoms with van der Waals surface area (Å²) in [4.78, 5) is 4.25. The van der Waals surface area contributed by atoms with E-state index in [1.54, 1.807) is 26.2 Å². The second-order valence-electron chi connectivity index (χ2n) is 5.81. The van der Waals surface area contributed by atoms with Gasteiger partial charge in [-0.25, -0.2) is 8.42 Å². The van der Waals surface area contributed by atoms with Gasteiger partial charge in [0.05, 0.1) is 17.9 Å². The number of rotatable bonds is 4. The van der Waals surface area contributed by atoms with Crippen LogP contribution in [0.1, 0.15) is 17.8 Å². The van der Waals surface area contributed by atoms with Gasteiger partial charge in [0.2, 0.25) is 10.0 Å². The SMILES string of the molecule is Cc1ncccc1O[C@@H]1CCN(S(=O)(=O)c2c(C)nn(C)c2Cl)C1. The van der Waals surface area contributed by atoms with Gasteiger partial charge in [0.15, 0.2) is 0 Å². The highest BCUT2D eigenvalue weighted by atomic mass is 35.5. The number of sulfonamides is 1. The zero-order valence-corrected chi connectivity index (χ0v) is 15.3. The van der Waals surface area contributed by atoms with Gasteiger partial charge in [-0.05, 0) is 32.4 Å². The van der Waals surface area contributed by atoms with E-state index in [2.05, 4.69) is 10.1 Å². The number of pyridine rings is 1. The van der Waals surface area contributed by atoms with Crippen LogP contribution in [0.5, 0.6) is 5.75 Å². The van der Waals surface area contributed by atoms with Crippen LogP contribution in [0.2, 0.25) is 5.15 Å². The lowest BCUT2D eigenvalue weighted by Crippen LogP contribution is -2.31. The van der Waals surface area contributed by atoms with Crippen molar-refractivity contribution in [1.29, 1.82) is 0 Å². The molecule has 0 bridgehead atoms. The molecular weight excluding hydrogens is 352 g/mol. The Kier molecular flexibility index (Phi) is 4.54. The second-order valence-corrected chi connectivity index (χ2v) is 8.04. The van der Waals surface area contributed by atoms with E-state index in [1.807, 2.05) is 13.0 Å². The van der Waals surface area contributed by atoms with Crippen molar-refractivity contribution in [3.8, 4) is 5.75 Å². The molecular formula is C15H19ClN4O3S. The van der Waals surface area contributed by atoms with Crippen molar-refractivity contribution in [2.75, 3.05) is 13.1 Å². The van der Waals surface area contributed by atoms with Crippen LogP contribution in [-0.4, -0.2) is 46.7 Å². The first-order valence-corrected chi connectivity index (χ1v) is 9.40. The molecule has 1 saturated heterocycles. The lowest BCUT2D eigenvalue weighted by Gasteiger charge is -2.17. The average molecular weight is 371 g/mol. The molecule has 3 rings (SSSR count). The van der Waals surface area contributed by atoms with Crippen molar-refractivity contribution in [2.45, 2.75) is 31.3 Å². The maximum absolute atomic E-state index is 12.9. The Morgan fingerprint density at radius 2 is 2.08 bits per heavy atom. The minimum Gasteiger partial charge on any atom is -0.487 e. The highest BCUT2D eigenvalue weighted by Crippen LogP contribution is 2.30. The fraction of sp³-hybridized carbons (Fsp3) is 0.467. The highest BCUT2D eigenvalue weighted by molar-refractivity contribution is 7.89. The summed E-state index contributed by atoms with van der Waals surface area (Å²) in [5.41, 5.74) is 1.18. The number of ether oxygens (including phenoxy) is 1. The van der Waals surface area contributed by atoms with Gasteiger partial charge in [-0.2, -0.15) is 9.40 Å². The van der Waals surface area contributed by atoms with Gasteiger partial charge in [0, 0.05) is 19.8 Å². The van der Waals surface area contributed by atoms with Crippen molar-refractivity contribution >= 4 is 21.6 Å². The summed E-state index contributed by atoms with van der Waals surface area (Å²) in [6, 6.07) is 3.63. The predicted octanol–water partition coefficient (Wildman–Crippen LogP) is 1.93. The standard InChI is InChI=1S/C15H19ClN4O3S/c1-10-13(5-4-7-17-10)23-12-6-8-20(9-12)24(21,22)14-11(2)18-19(3)15(14)16/h4-5,7,12H,6,8-9H2,1-3H3/t12-/m1/s1. The third-order valence-electron chi connectivity index (χ3n) is 4.06. The van der Waals surface area contributed by atoms with E-state index < -0.39 is 10.0 Å². The number of aryl methyl sites for hydroxylation is 3. The van der Waals surface area contributed by atoms with Crippen molar-refractivity contribution in [2.24, 2.45) is 7.05 Å². The predicted molar refractivity (Wildman–Crippen MR) is 89.7 cm³/mol. The first-order chi connectivity index (χ1) is 11.3. The Balaban J connectivity index is 1.79. The van der Waals surface area contributed by atoms with Gasteiger partial charge in [0.1, 0.15) is 21.9 Å². The normalized spacial score (nSPS) is 18.9. The van der Waals surface area contributed by atoms with Crippen molar-refractivity contribution in [1.82, 2.24) is 19.1 Å². The first-order valence-electron chi connectivity index (χ1n) is 7.58. The third-order valence-corrected chi connectivity index (χ3v) is 6.62. The van der Waals surface area contributed by atoms with Gasteiger partial charge in [0.25, 0.3) is 0 Å². The van der Waals surface area contributed by atoms with E-state index in [-0.39, 0.29) is 22.7 Å². The van der Waals surface area contributed by atoms with Gasteiger partial charge < -0.3 is 4.74 Å². The van der Waals surface area contributed by atoms with Crippen molar-refractivity contribution in [3.63, 3.8) is 0 Å². The molecule has 130 valence electrons. The summed E-state index contributed by atoms with van der Waals surface area (Å²) in [6.45, 7) is 4.16. The minimum atomic E-state index is -3.69. The average Bonchev–Trinajstić information content (AvgIpc) is 3.08. The van der Waals surface area contributed by atoms with Crippen LogP contribution in [0.25, 0.3) is 0 Å². The molecule has 1 fully saturated rings. The minimum absolute atomic E-state index is 0.0740. The molecule has 2 aromatic rings. The van der Waals surface area contributed by atoms with Crippen LogP contribution in [0.15, 0.2) is 23.2 Å². The van der Waals surface area contributed by atoms with Gasteiger partial charge in [-0.3, -0.25) is 9.67 Å². The van der Waals surface area contributed by atoms with E-state index in [1.165, 1.54) is 8.99 Å². The Bertz CT molecular complexity index is 866. The molecule has 0 aliphatic carbocycles. The Labute approximate surface area is 146 Å². The Hall–Kier alpha value is -1.64. The van der Waals surface area contributed by atoms with Crippen LogP contribution in [0, 0.1) is 13.8 Å². The molecule has 1 aliphatic rings. The molecule has 0 N–H and O–H groups in total. The molecule has 1 aliphatic heterocycles. The Morgan fingerprint density at radius 1 is 1.33 bits per heavy atom. The summed E-state index contributed by atoms with van der Waals surface area (Å²) >= 11 is 6.12. The van der Waals surface area contributed by atoms with Crippen LogP contribution in [0.3, 0.4) is 0 Å². The largest absolute Gasteiger partial charge is 0.487 e. The second kappa shape index (κ2) is 6.34. The summed E-state index contributed by atoms with van der Waals surface area (Å²) in [6.07, 6.45) is 2.10. The van der Waals surface area contributed by atoms with Crippen LogP contribution < -0.4 is 4.74 Å². The fourth-order valence-corrected chi connectivity index (χ4v) is 5.01. The van der Waals surface area contributed by atoms with Gasteiger partial charge >= 0.3 is 0 Å². The maximum Gasteiger partial charge on any atom is 0.248 e. The molecule has 0 unspecified atom stereocenters. The quantitative estimate of drug-likeness (QED) is 0.821. The summed E-state index contributed by atoms with van der Waals surface area (Å²) in [7, 11) is -2.07. The lowest BCUT2D eigenvalue weighted by molar-refractivity contribution is 0.213. The van der Waals surface area contributed by atoms with Crippen molar-refractivity contribution in [3.05, 3.63) is 34.9 Å². The molecule has 3 heterocycles. The van der Waals surface area contributed by atoms with Crippen LogP contribution >= 0.6 is 11.6 Å². The molecule has 0 radical (unpaired) electrons. The van der Waals surface area contributed by atoms with E-state index >= 15 is 0 Å². The van der Waals surface area contributed by atoms with Crippen LogP contribution in [-0.2, 0) is 17.1 Å². The number of nitrogens with zero attached hydrogens (tertiary/aromatic N) is 4. The molecule has 0 amide bonds. The van der Waals surface area contributed by atoms with E-state index in [4.69, 9.17) is 16.3 Å². The number of halogens is 1. The third kappa shape index (κ3) is 3.01. The molecule has 0 saturated carbocycles. The number of hydrogen-bond acceptors (Lipinski definition) is 5.